The molecule has 6 heteroatoms. The van der Waals surface area contributed by atoms with Crippen LogP contribution < -0.4 is 10.6 Å². The average Bonchev–Trinajstić information content (AvgIpc) is 2.42. The van der Waals surface area contributed by atoms with E-state index in [1.165, 1.54) is 0 Å². The Morgan fingerprint density at radius 3 is 2.33 bits per heavy atom. The Hall–Kier alpha value is -1.43. The van der Waals surface area contributed by atoms with E-state index in [1.807, 2.05) is 6.92 Å². The number of unbranched alkanes of at least 4 members (excludes halogenated alkanes) is 1. The lowest BCUT2D eigenvalue weighted by Gasteiger charge is -2.20. The van der Waals surface area contributed by atoms with Gasteiger partial charge in [0.15, 0.2) is 23.3 Å². The standard InChI is InChI=1S/C15H26F2N4/c1-5-18-14-12(16)10-13(17)15(20-14)19-8-6-7-9-21(4)11(2)3/h10-11H,5-9H2,1-4H3,(H2,18,19,20). The van der Waals surface area contributed by atoms with Gasteiger partial charge in [-0.15, -0.1) is 0 Å². The highest BCUT2D eigenvalue weighted by atomic mass is 19.1. The second-order valence-electron chi connectivity index (χ2n) is 5.39. The first-order valence-corrected chi connectivity index (χ1v) is 7.49. The third-order valence-corrected chi connectivity index (χ3v) is 3.39. The molecule has 0 bridgehead atoms. The quantitative estimate of drug-likeness (QED) is 0.686. The van der Waals surface area contributed by atoms with Gasteiger partial charge in [0.05, 0.1) is 0 Å². The lowest BCUT2D eigenvalue weighted by Crippen LogP contribution is -2.27. The summed E-state index contributed by atoms with van der Waals surface area (Å²) in [5, 5.41) is 5.70. The Morgan fingerprint density at radius 1 is 1.14 bits per heavy atom. The molecule has 0 aliphatic carbocycles. The lowest BCUT2D eigenvalue weighted by molar-refractivity contribution is 0.269. The summed E-state index contributed by atoms with van der Waals surface area (Å²) in [7, 11) is 2.09. The van der Waals surface area contributed by atoms with Crippen LogP contribution in [-0.2, 0) is 0 Å². The molecule has 0 radical (unpaired) electrons. The highest BCUT2D eigenvalue weighted by Crippen LogP contribution is 2.18. The zero-order valence-electron chi connectivity index (χ0n) is 13.3. The van der Waals surface area contributed by atoms with Crippen molar-refractivity contribution in [3.05, 3.63) is 17.7 Å². The molecule has 1 aromatic rings. The second kappa shape index (κ2) is 8.77. The Kier molecular flexibility index (Phi) is 7.36. The molecular weight excluding hydrogens is 274 g/mol. The van der Waals surface area contributed by atoms with E-state index in [2.05, 4.69) is 41.4 Å². The predicted octanol–water partition coefficient (Wildman–Crippen LogP) is 3.32. The second-order valence-corrected chi connectivity index (χ2v) is 5.39. The van der Waals surface area contributed by atoms with Gasteiger partial charge in [-0.3, -0.25) is 0 Å². The number of nitrogens with zero attached hydrogens (tertiary/aromatic N) is 2. The first-order valence-electron chi connectivity index (χ1n) is 7.49. The summed E-state index contributed by atoms with van der Waals surface area (Å²) in [4.78, 5) is 6.20. The molecule has 2 N–H and O–H groups in total. The fraction of sp³-hybridized carbons (Fsp3) is 0.667. The summed E-state index contributed by atoms with van der Waals surface area (Å²) in [6.07, 6.45) is 1.93. The summed E-state index contributed by atoms with van der Waals surface area (Å²) in [6, 6.07) is 1.39. The van der Waals surface area contributed by atoms with Crippen LogP contribution in [0.5, 0.6) is 0 Å². The van der Waals surface area contributed by atoms with Crippen LogP contribution in [0.4, 0.5) is 20.4 Å². The van der Waals surface area contributed by atoms with Crippen LogP contribution in [0.25, 0.3) is 0 Å². The maximum absolute atomic E-state index is 13.6. The number of aromatic nitrogens is 1. The molecule has 0 saturated heterocycles. The van der Waals surface area contributed by atoms with Gasteiger partial charge >= 0.3 is 0 Å². The number of anilines is 2. The van der Waals surface area contributed by atoms with E-state index >= 15 is 0 Å². The van der Waals surface area contributed by atoms with Gasteiger partial charge in [-0.2, -0.15) is 0 Å². The number of hydrogen-bond acceptors (Lipinski definition) is 4. The summed E-state index contributed by atoms with van der Waals surface area (Å²) in [5.74, 6) is -1.14. The minimum Gasteiger partial charge on any atom is -0.368 e. The van der Waals surface area contributed by atoms with E-state index in [0.29, 0.717) is 19.1 Å². The van der Waals surface area contributed by atoms with Gasteiger partial charge < -0.3 is 15.5 Å². The van der Waals surface area contributed by atoms with E-state index in [-0.39, 0.29) is 11.6 Å². The lowest BCUT2D eigenvalue weighted by atomic mass is 10.2. The summed E-state index contributed by atoms with van der Waals surface area (Å²) in [5.41, 5.74) is 0. The minimum atomic E-state index is -0.668. The number of nitrogens with one attached hydrogen (secondary N) is 2. The molecule has 0 aliphatic rings. The topological polar surface area (TPSA) is 40.2 Å². The average molecular weight is 300 g/mol. The third kappa shape index (κ3) is 5.83. The Morgan fingerprint density at radius 2 is 1.76 bits per heavy atom. The van der Waals surface area contributed by atoms with Crippen molar-refractivity contribution in [3.63, 3.8) is 0 Å². The van der Waals surface area contributed by atoms with Crippen molar-refractivity contribution < 1.29 is 8.78 Å². The number of hydrogen-bond donors (Lipinski definition) is 2. The molecule has 1 heterocycles. The Balaban J connectivity index is 2.43. The van der Waals surface area contributed by atoms with Crippen molar-refractivity contribution in [2.45, 2.75) is 39.7 Å². The van der Waals surface area contributed by atoms with Gasteiger partial charge in [0, 0.05) is 25.2 Å². The fourth-order valence-corrected chi connectivity index (χ4v) is 1.83. The normalized spacial score (nSPS) is 11.2. The van der Waals surface area contributed by atoms with Gasteiger partial charge in [0.2, 0.25) is 0 Å². The van der Waals surface area contributed by atoms with Gasteiger partial charge in [-0.1, -0.05) is 0 Å². The van der Waals surface area contributed by atoms with E-state index < -0.39 is 11.6 Å². The molecule has 0 aliphatic heterocycles. The maximum atomic E-state index is 13.6. The molecule has 0 unspecified atom stereocenters. The van der Waals surface area contributed by atoms with Crippen molar-refractivity contribution in [3.8, 4) is 0 Å². The van der Waals surface area contributed by atoms with Crippen LogP contribution in [-0.4, -0.2) is 42.6 Å². The number of rotatable bonds is 9. The van der Waals surface area contributed by atoms with Crippen molar-refractivity contribution in [1.82, 2.24) is 9.88 Å². The van der Waals surface area contributed by atoms with Crippen LogP contribution in [0, 0.1) is 11.6 Å². The molecule has 0 fully saturated rings. The van der Waals surface area contributed by atoms with E-state index in [9.17, 15) is 8.78 Å². The predicted molar refractivity (Wildman–Crippen MR) is 83.8 cm³/mol. The van der Waals surface area contributed by atoms with E-state index in [4.69, 9.17) is 0 Å². The maximum Gasteiger partial charge on any atom is 0.168 e. The SMILES string of the molecule is CCNc1nc(NCCCCN(C)C(C)C)c(F)cc1F. The van der Waals surface area contributed by atoms with Crippen LogP contribution >= 0.6 is 0 Å². The van der Waals surface area contributed by atoms with Crippen LogP contribution in [0.2, 0.25) is 0 Å². The van der Waals surface area contributed by atoms with Crippen molar-refractivity contribution in [1.29, 1.82) is 0 Å². The summed E-state index contributed by atoms with van der Waals surface area (Å²) >= 11 is 0. The zero-order chi connectivity index (χ0) is 15.8. The molecule has 120 valence electrons. The van der Waals surface area contributed by atoms with E-state index in [0.717, 1.165) is 25.5 Å². The van der Waals surface area contributed by atoms with Crippen molar-refractivity contribution in [2.75, 3.05) is 37.3 Å². The minimum absolute atomic E-state index is 0.0842. The van der Waals surface area contributed by atoms with Crippen LogP contribution in [0.1, 0.15) is 33.6 Å². The third-order valence-electron chi connectivity index (χ3n) is 3.39. The first kappa shape index (κ1) is 17.6. The van der Waals surface area contributed by atoms with Crippen LogP contribution in [0.3, 0.4) is 0 Å². The zero-order valence-corrected chi connectivity index (χ0v) is 13.3. The van der Waals surface area contributed by atoms with Crippen LogP contribution in [0.15, 0.2) is 6.07 Å². The van der Waals surface area contributed by atoms with Gasteiger partial charge in [0.1, 0.15) is 0 Å². The highest BCUT2D eigenvalue weighted by molar-refractivity contribution is 5.47. The highest BCUT2D eigenvalue weighted by Gasteiger charge is 2.11. The monoisotopic (exact) mass is 300 g/mol. The molecule has 1 rings (SSSR count). The Bertz CT molecular complexity index is 438. The number of halogens is 2. The smallest absolute Gasteiger partial charge is 0.168 e. The largest absolute Gasteiger partial charge is 0.368 e. The summed E-state index contributed by atoms with van der Waals surface area (Å²) < 4.78 is 27.0. The van der Waals surface area contributed by atoms with Gasteiger partial charge in [0.25, 0.3) is 0 Å². The molecule has 0 saturated carbocycles. The molecule has 0 atom stereocenters. The van der Waals surface area contributed by atoms with Gasteiger partial charge in [-0.05, 0) is 47.2 Å². The number of pyridine rings is 1. The molecule has 0 amide bonds. The fourth-order valence-electron chi connectivity index (χ4n) is 1.83. The van der Waals surface area contributed by atoms with Gasteiger partial charge in [-0.25, -0.2) is 13.8 Å². The molecule has 1 aromatic heterocycles. The Labute approximate surface area is 125 Å². The molecule has 21 heavy (non-hydrogen) atoms. The molecule has 4 nitrogen and oxygen atoms in total. The van der Waals surface area contributed by atoms with Crippen molar-refractivity contribution >= 4 is 11.6 Å². The van der Waals surface area contributed by atoms with E-state index in [1.54, 1.807) is 0 Å². The van der Waals surface area contributed by atoms with Crippen molar-refractivity contribution in [2.24, 2.45) is 0 Å². The summed E-state index contributed by atoms with van der Waals surface area (Å²) in [6.45, 7) is 8.30. The molecular formula is C15H26F2N4. The molecule has 0 aromatic carbocycles. The molecule has 0 spiro atoms. The first-order chi connectivity index (χ1) is 9.95.